The van der Waals surface area contributed by atoms with Crippen LogP contribution in [0.3, 0.4) is 0 Å². The maximum Gasteiger partial charge on any atom is 0.309 e. The van der Waals surface area contributed by atoms with Gasteiger partial charge in [0, 0.05) is 19.3 Å². The summed E-state index contributed by atoms with van der Waals surface area (Å²) in [6.45, 7) is 3.28. The van der Waals surface area contributed by atoms with E-state index in [2.05, 4.69) is 10.3 Å². The summed E-state index contributed by atoms with van der Waals surface area (Å²) in [5.41, 5.74) is 0.974. The first-order valence-electron chi connectivity index (χ1n) is 5.46. The van der Waals surface area contributed by atoms with Crippen LogP contribution in [0.15, 0.2) is 24.4 Å². The van der Waals surface area contributed by atoms with Gasteiger partial charge in [-0.3, -0.25) is 9.78 Å². The fraction of sp³-hybridized carbons (Fsp3) is 0.500. The van der Waals surface area contributed by atoms with Gasteiger partial charge in [0.05, 0.1) is 18.7 Å². The number of carbonyl (C=O) groups excluding carboxylic acids is 1. The maximum absolute atomic E-state index is 11.3. The first kappa shape index (κ1) is 12.6. The Kier molecular flexibility index (Phi) is 5.50. The first-order chi connectivity index (χ1) is 7.77. The second kappa shape index (κ2) is 6.95. The lowest BCUT2D eigenvalue weighted by atomic mass is 10.1. The van der Waals surface area contributed by atoms with Crippen LogP contribution >= 0.6 is 0 Å². The van der Waals surface area contributed by atoms with Crippen LogP contribution < -0.4 is 5.32 Å². The summed E-state index contributed by atoms with van der Waals surface area (Å²) in [7, 11) is 1.42. The van der Waals surface area contributed by atoms with Crippen molar-refractivity contribution in [2.45, 2.75) is 19.9 Å². The van der Waals surface area contributed by atoms with Gasteiger partial charge in [-0.2, -0.15) is 0 Å². The topological polar surface area (TPSA) is 51.2 Å². The van der Waals surface area contributed by atoms with Crippen molar-refractivity contribution >= 4 is 5.97 Å². The second-order valence-corrected chi connectivity index (χ2v) is 3.58. The number of nitrogens with one attached hydrogen (secondary N) is 1. The van der Waals surface area contributed by atoms with Crippen molar-refractivity contribution < 1.29 is 9.53 Å². The summed E-state index contributed by atoms with van der Waals surface area (Å²) in [4.78, 5) is 15.5. The second-order valence-electron chi connectivity index (χ2n) is 3.58. The van der Waals surface area contributed by atoms with Crippen molar-refractivity contribution in [1.29, 1.82) is 0 Å². The standard InChI is InChI=1S/C12H18N2O2/c1-3-10(12(15)16-2)8-13-9-11-6-4-5-7-14-11/h4-7,10,13H,3,8-9H2,1-2H3. The third kappa shape index (κ3) is 3.98. The molecule has 4 heteroatoms. The van der Waals surface area contributed by atoms with Crippen molar-refractivity contribution in [2.75, 3.05) is 13.7 Å². The molecule has 1 atom stereocenters. The van der Waals surface area contributed by atoms with Crippen LogP contribution in [0.1, 0.15) is 19.0 Å². The lowest BCUT2D eigenvalue weighted by molar-refractivity contribution is -0.145. The van der Waals surface area contributed by atoms with Gasteiger partial charge in [-0.15, -0.1) is 0 Å². The number of methoxy groups -OCH3 is 1. The average Bonchev–Trinajstić information content (AvgIpc) is 2.35. The highest BCUT2D eigenvalue weighted by Crippen LogP contribution is 2.03. The summed E-state index contributed by atoms with van der Waals surface area (Å²) >= 11 is 0. The highest BCUT2D eigenvalue weighted by molar-refractivity contribution is 5.72. The van der Waals surface area contributed by atoms with Crippen molar-refractivity contribution in [3.8, 4) is 0 Å². The van der Waals surface area contributed by atoms with Crippen LogP contribution in [0.5, 0.6) is 0 Å². The third-order valence-electron chi connectivity index (χ3n) is 2.45. The zero-order valence-corrected chi connectivity index (χ0v) is 9.77. The Morgan fingerprint density at radius 1 is 1.56 bits per heavy atom. The van der Waals surface area contributed by atoms with Gasteiger partial charge < -0.3 is 10.1 Å². The van der Waals surface area contributed by atoms with Crippen molar-refractivity contribution in [3.05, 3.63) is 30.1 Å². The Morgan fingerprint density at radius 2 is 2.38 bits per heavy atom. The number of pyridine rings is 1. The van der Waals surface area contributed by atoms with E-state index in [0.717, 1.165) is 12.1 Å². The number of aromatic nitrogens is 1. The molecule has 1 aromatic heterocycles. The molecule has 0 aromatic carbocycles. The van der Waals surface area contributed by atoms with E-state index in [1.54, 1.807) is 6.20 Å². The van der Waals surface area contributed by atoms with Crippen LogP contribution in [0.2, 0.25) is 0 Å². The van der Waals surface area contributed by atoms with Crippen LogP contribution in [0.25, 0.3) is 0 Å². The number of ether oxygens (including phenoxy) is 1. The predicted molar refractivity (Wildman–Crippen MR) is 61.7 cm³/mol. The molecule has 0 radical (unpaired) electrons. The molecule has 0 aliphatic carbocycles. The molecule has 0 saturated heterocycles. The number of esters is 1. The van der Waals surface area contributed by atoms with Gasteiger partial charge in [0.15, 0.2) is 0 Å². The molecule has 0 fully saturated rings. The lowest BCUT2D eigenvalue weighted by Crippen LogP contribution is -2.28. The molecule has 0 amide bonds. The maximum atomic E-state index is 11.3. The summed E-state index contributed by atoms with van der Waals surface area (Å²) in [6.07, 6.45) is 2.54. The lowest BCUT2D eigenvalue weighted by Gasteiger charge is -2.12. The number of hydrogen-bond donors (Lipinski definition) is 1. The van der Waals surface area contributed by atoms with Crippen LogP contribution in [-0.2, 0) is 16.1 Å². The SMILES string of the molecule is CCC(CNCc1ccccn1)C(=O)OC. The molecule has 0 aliphatic rings. The zero-order chi connectivity index (χ0) is 11.8. The first-order valence-corrected chi connectivity index (χ1v) is 5.46. The number of carbonyl (C=O) groups is 1. The minimum Gasteiger partial charge on any atom is -0.469 e. The van der Waals surface area contributed by atoms with Gasteiger partial charge in [0.2, 0.25) is 0 Å². The van der Waals surface area contributed by atoms with E-state index >= 15 is 0 Å². The Morgan fingerprint density at radius 3 is 2.94 bits per heavy atom. The number of hydrogen-bond acceptors (Lipinski definition) is 4. The van der Waals surface area contributed by atoms with Crippen molar-refractivity contribution in [1.82, 2.24) is 10.3 Å². The fourth-order valence-corrected chi connectivity index (χ4v) is 1.44. The van der Waals surface area contributed by atoms with E-state index in [-0.39, 0.29) is 11.9 Å². The molecule has 0 bridgehead atoms. The highest BCUT2D eigenvalue weighted by atomic mass is 16.5. The summed E-state index contributed by atoms with van der Waals surface area (Å²) < 4.78 is 4.71. The highest BCUT2D eigenvalue weighted by Gasteiger charge is 2.15. The normalized spacial score (nSPS) is 12.1. The Balaban J connectivity index is 2.31. The number of nitrogens with zero attached hydrogens (tertiary/aromatic N) is 1. The molecule has 1 rings (SSSR count). The Bertz CT molecular complexity index is 314. The molecule has 1 N–H and O–H groups in total. The number of rotatable bonds is 6. The van der Waals surface area contributed by atoms with E-state index in [9.17, 15) is 4.79 Å². The van der Waals surface area contributed by atoms with Crippen LogP contribution in [0, 0.1) is 5.92 Å². The smallest absolute Gasteiger partial charge is 0.309 e. The van der Waals surface area contributed by atoms with Gasteiger partial charge >= 0.3 is 5.97 Å². The van der Waals surface area contributed by atoms with E-state index in [1.165, 1.54) is 7.11 Å². The van der Waals surface area contributed by atoms with Crippen LogP contribution in [-0.4, -0.2) is 24.6 Å². The molecule has 0 spiro atoms. The van der Waals surface area contributed by atoms with E-state index in [4.69, 9.17) is 4.74 Å². The molecule has 1 heterocycles. The molecule has 4 nitrogen and oxygen atoms in total. The van der Waals surface area contributed by atoms with Gasteiger partial charge in [0.25, 0.3) is 0 Å². The summed E-state index contributed by atoms with van der Waals surface area (Å²) in [6, 6.07) is 5.78. The monoisotopic (exact) mass is 222 g/mol. The molecule has 0 aliphatic heterocycles. The molecule has 1 unspecified atom stereocenters. The fourth-order valence-electron chi connectivity index (χ4n) is 1.44. The minimum atomic E-state index is -0.156. The van der Waals surface area contributed by atoms with Crippen molar-refractivity contribution in [3.63, 3.8) is 0 Å². The summed E-state index contributed by atoms with van der Waals surface area (Å²) in [5, 5.41) is 3.20. The quantitative estimate of drug-likeness (QED) is 0.739. The largest absolute Gasteiger partial charge is 0.469 e. The average molecular weight is 222 g/mol. The van der Waals surface area contributed by atoms with E-state index in [0.29, 0.717) is 13.1 Å². The van der Waals surface area contributed by atoms with E-state index < -0.39 is 0 Å². The molecule has 88 valence electrons. The van der Waals surface area contributed by atoms with Crippen LogP contribution in [0.4, 0.5) is 0 Å². The molecular formula is C12H18N2O2. The molecule has 0 saturated carbocycles. The van der Waals surface area contributed by atoms with Gasteiger partial charge in [0.1, 0.15) is 0 Å². The van der Waals surface area contributed by atoms with E-state index in [1.807, 2.05) is 25.1 Å². The molecule has 16 heavy (non-hydrogen) atoms. The van der Waals surface area contributed by atoms with Gasteiger partial charge in [-0.05, 0) is 18.6 Å². The molecular weight excluding hydrogens is 204 g/mol. The predicted octanol–water partition coefficient (Wildman–Crippen LogP) is 1.37. The molecule has 1 aromatic rings. The zero-order valence-electron chi connectivity index (χ0n) is 9.77. The van der Waals surface area contributed by atoms with Gasteiger partial charge in [-0.25, -0.2) is 0 Å². The third-order valence-corrected chi connectivity index (χ3v) is 2.45. The van der Waals surface area contributed by atoms with Gasteiger partial charge in [-0.1, -0.05) is 13.0 Å². The Labute approximate surface area is 96.0 Å². The summed E-state index contributed by atoms with van der Waals surface area (Å²) in [5.74, 6) is -0.232. The Hall–Kier alpha value is -1.42. The van der Waals surface area contributed by atoms with Crippen molar-refractivity contribution in [2.24, 2.45) is 5.92 Å². The minimum absolute atomic E-state index is 0.0753.